The minimum atomic E-state index is -0.366. The maximum absolute atomic E-state index is 12.6. The van der Waals surface area contributed by atoms with E-state index in [4.69, 9.17) is 0 Å². The average Bonchev–Trinajstić information content (AvgIpc) is 2.67. The third kappa shape index (κ3) is 4.59. The van der Waals surface area contributed by atoms with Crippen molar-refractivity contribution >= 4 is 5.91 Å². The van der Waals surface area contributed by atoms with E-state index in [1.807, 2.05) is 91.9 Å². The van der Waals surface area contributed by atoms with Gasteiger partial charge in [0.05, 0.1) is 0 Å². The van der Waals surface area contributed by atoms with Crippen LogP contribution < -0.4 is 5.32 Å². The smallest absolute Gasteiger partial charge is 0.252 e. The molecule has 2 nitrogen and oxygen atoms in total. The number of rotatable bonds is 3. The highest BCUT2D eigenvalue weighted by molar-refractivity contribution is 5.94. The highest BCUT2D eigenvalue weighted by Gasteiger charge is 2.13. The molecule has 122 valence electrons. The molecule has 3 aromatic rings. The summed E-state index contributed by atoms with van der Waals surface area (Å²) in [5.74, 6) is 6.20. The number of carbonyl (C=O) groups is 1. The summed E-state index contributed by atoms with van der Waals surface area (Å²) in [6, 6.07) is 26.7. The van der Waals surface area contributed by atoms with Gasteiger partial charge in [-0.2, -0.15) is 0 Å². The highest BCUT2D eigenvalue weighted by Crippen LogP contribution is 2.13. The molecule has 0 aromatic heterocycles. The maximum Gasteiger partial charge on any atom is 0.252 e. The van der Waals surface area contributed by atoms with E-state index in [0.717, 1.165) is 16.7 Å². The van der Waals surface area contributed by atoms with Gasteiger partial charge in [-0.05, 0) is 36.8 Å². The number of aryl methyl sites for hydroxylation is 1. The van der Waals surface area contributed by atoms with Gasteiger partial charge in [0.25, 0.3) is 5.91 Å². The molecule has 0 aliphatic carbocycles. The second-order valence-corrected chi connectivity index (χ2v) is 5.82. The molecule has 0 bridgehead atoms. The van der Waals surface area contributed by atoms with Crippen LogP contribution in [0.3, 0.4) is 0 Å². The molecule has 0 heterocycles. The van der Waals surface area contributed by atoms with Crippen LogP contribution >= 0.6 is 0 Å². The monoisotopic (exact) mass is 325 g/mol. The lowest BCUT2D eigenvalue weighted by atomic mass is 10.1. The number of benzene rings is 3. The van der Waals surface area contributed by atoms with Crippen LogP contribution in [0.1, 0.15) is 33.1 Å². The Hall–Kier alpha value is -3.31. The van der Waals surface area contributed by atoms with Gasteiger partial charge in [-0.1, -0.05) is 78.1 Å². The average molecular weight is 325 g/mol. The van der Waals surface area contributed by atoms with Crippen LogP contribution in [0.2, 0.25) is 0 Å². The molecule has 0 saturated heterocycles. The Morgan fingerprint density at radius 1 is 0.840 bits per heavy atom. The van der Waals surface area contributed by atoms with E-state index in [9.17, 15) is 4.79 Å². The summed E-state index contributed by atoms with van der Waals surface area (Å²) in [6.45, 7) is 2.00. The first kappa shape index (κ1) is 16.5. The van der Waals surface area contributed by atoms with Crippen molar-refractivity contribution in [3.05, 3.63) is 107 Å². The molecule has 0 fully saturated rings. The van der Waals surface area contributed by atoms with Gasteiger partial charge in [-0.15, -0.1) is 0 Å². The molecule has 0 aliphatic heterocycles. The molecular formula is C23H19NO. The number of carbonyl (C=O) groups excluding carboxylic acids is 1. The van der Waals surface area contributed by atoms with Crippen molar-refractivity contribution in [2.24, 2.45) is 0 Å². The minimum absolute atomic E-state index is 0.129. The quantitative estimate of drug-likeness (QED) is 0.705. The van der Waals surface area contributed by atoms with Crippen LogP contribution in [0.4, 0.5) is 0 Å². The van der Waals surface area contributed by atoms with Crippen LogP contribution in [-0.4, -0.2) is 5.91 Å². The molecule has 25 heavy (non-hydrogen) atoms. The van der Waals surface area contributed by atoms with Crippen LogP contribution in [0, 0.1) is 18.8 Å². The van der Waals surface area contributed by atoms with Crippen molar-refractivity contribution < 1.29 is 4.79 Å². The second-order valence-electron chi connectivity index (χ2n) is 5.82. The van der Waals surface area contributed by atoms with Gasteiger partial charge in [0.2, 0.25) is 0 Å². The lowest BCUT2D eigenvalue weighted by Gasteiger charge is -2.14. The van der Waals surface area contributed by atoms with Gasteiger partial charge in [0, 0.05) is 11.1 Å². The van der Waals surface area contributed by atoms with E-state index in [2.05, 4.69) is 17.2 Å². The third-order valence-corrected chi connectivity index (χ3v) is 3.86. The van der Waals surface area contributed by atoms with Gasteiger partial charge in [-0.25, -0.2) is 0 Å². The molecule has 1 N–H and O–H groups in total. The van der Waals surface area contributed by atoms with Gasteiger partial charge in [-0.3, -0.25) is 4.79 Å². The van der Waals surface area contributed by atoms with E-state index in [-0.39, 0.29) is 11.9 Å². The number of nitrogens with one attached hydrogen (secondary N) is 1. The Balaban J connectivity index is 1.85. The summed E-state index contributed by atoms with van der Waals surface area (Å²) in [5.41, 5.74) is 3.65. The van der Waals surface area contributed by atoms with E-state index in [1.165, 1.54) is 0 Å². The fourth-order valence-electron chi connectivity index (χ4n) is 2.44. The Morgan fingerprint density at radius 3 is 2.08 bits per heavy atom. The second kappa shape index (κ2) is 7.99. The summed E-state index contributed by atoms with van der Waals surface area (Å²) in [6.07, 6.45) is 0. The zero-order valence-corrected chi connectivity index (χ0v) is 14.1. The maximum atomic E-state index is 12.6. The Kier molecular flexibility index (Phi) is 5.29. The number of hydrogen-bond donors (Lipinski definition) is 1. The van der Waals surface area contributed by atoms with Gasteiger partial charge < -0.3 is 5.32 Å². The first-order valence-corrected chi connectivity index (χ1v) is 8.21. The van der Waals surface area contributed by atoms with Crippen molar-refractivity contribution in [3.63, 3.8) is 0 Å². The van der Waals surface area contributed by atoms with Crippen LogP contribution in [0.5, 0.6) is 0 Å². The van der Waals surface area contributed by atoms with Crippen LogP contribution in [-0.2, 0) is 0 Å². The van der Waals surface area contributed by atoms with Crippen molar-refractivity contribution in [3.8, 4) is 11.8 Å². The number of hydrogen-bond acceptors (Lipinski definition) is 1. The lowest BCUT2D eigenvalue weighted by Crippen LogP contribution is -2.27. The third-order valence-electron chi connectivity index (χ3n) is 3.86. The van der Waals surface area contributed by atoms with Gasteiger partial charge in [0.1, 0.15) is 6.04 Å². The zero-order valence-electron chi connectivity index (χ0n) is 14.1. The molecule has 1 atom stereocenters. The zero-order chi connectivity index (χ0) is 17.5. The Morgan fingerprint density at radius 2 is 1.44 bits per heavy atom. The highest BCUT2D eigenvalue weighted by atomic mass is 16.1. The Bertz CT molecular complexity index is 888. The predicted molar refractivity (Wildman–Crippen MR) is 101 cm³/mol. The van der Waals surface area contributed by atoms with Crippen molar-refractivity contribution in [1.29, 1.82) is 0 Å². The summed E-state index contributed by atoms with van der Waals surface area (Å²) in [5, 5.41) is 3.03. The number of amides is 1. The topological polar surface area (TPSA) is 29.1 Å². The van der Waals surface area contributed by atoms with Gasteiger partial charge >= 0.3 is 0 Å². The molecule has 0 radical (unpaired) electrons. The molecular weight excluding hydrogens is 306 g/mol. The van der Waals surface area contributed by atoms with E-state index >= 15 is 0 Å². The summed E-state index contributed by atoms with van der Waals surface area (Å²) < 4.78 is 0. The standard InChI is InChI=1S/C23H19NO/c1-18-12-15-21(16-13-18)23(25)24-22(20-10-6-3-7-11-20)17-14-19-8-4-2-5-9-19/h2-13,15-16,22H,1H3,(H,24,25). The molecule has 2 heteroatoms. The molecule has 3 aromatic carbocycles. The minimum Gasteiger partial charge on any atom is -0.334 e. The van der Waals surface area contributed by atoms with E-state index in [1.54, 1.807) is 0 Å². The summed E-state index contributed by atoms with van der Waals surface area (Å²) in [4.78, 5) is 12.6. The molecule has 1 unspecified atom stereocenters. The van der Waals surface area contributed by atoms with Crippen molar-refractivity contribution in [2.45, 2.75) is 13.0 Å². The predicted octanol–water partition coefficient (Wildman–Crippen LogP) is 4.52. The van der Waals surface area contributed by atoms with E-state index < -0.39 is 0 Å². The van der Waals surface area contributed by atoms with Crippen LogP contribution in [0.25, 0.3) is 0 Å². The summed E-state index contributed by atoms with van der Waals surface area (Å²) in [7, 11) is 0. The molecule has 1 amide bonds. The SMILES string of the molecule is Cc1ccc(C(=O)NC(C#Cc2ccccc2)c2ccccc2)cc1. The normalized spacial score (nSPS) is 11.1. The lowest BCUT2D eigenvalue weighted by molar-refractivity contribution is 0.0945. The van der Waals surface area contributed by atoms with Crippen molar-refractivity contribution in [1.82, 2.24) is 5.32 Å². The summed E-state index contributed by atoms with van der Waals surface area (Å²) >= 11 is 0. The first-order chi connectivity index (χ1) is 12.2. The Labute approximate surface area is 148 Å². The molecule has 0 aliphatic rings. The van der Waals surface area contributed by atoms with Crippen LogP contribution in [0.15, 0.2) is 84.9 Å². The fraction of sp³-hybridized carbons (Fsp3) is 0.0870. The fourth-order valence-corrected chi connectivity index (χ4v) is 2.44. The largest absolute Gasteiger partial charge is 0.334 e. The molecule has 0 spiro atoms. The van der Waals surface area contributed by atoms with E-state index in [0.29, 0.717) is 5.56 Å². The first-order valence-electron chi connectivity index (χ1n) is 8.21. The van der Waals surface area contributed by atoms with Crippen molar-refractivity contribution in [2.75, 3.05) is 0 Å². The molecule has 0 saturated carbocycles. The van der Waals surface area contributed by atoms with Gasteiger partial charge in [0.15, 0.2) is 0 Å². The molecule has 3 rings (SSSR count).